The largest absolute Gasteiger partial charge is 0.481 e. The number of nitrogens with two attached hydrogens (primary N) is 1. The van der Waals surface area contributed by atoms with Gasteiger partial charge >= 0.3 is 0 Å². The summed E-state index contributed by atoms with van der Waals surface area (Å²) in [5.41, 5.74) is 6.88. The van der Waals surface area contributed by atoms with Gasteiger partial charge in [0.05, 0.1) is 13.7 Å². The number of aromatic nitrogens is 2. The zero-order valence-electron chi connectivity index (χ0n) is 12.0. The lowest BCUT2D eigenvalue weighted by atomic mass is 10.2. The van der Waals surface area contributed by atoms with Crippen molar-refractivity contribution in [2.24, 2.45) is 10.7 Å². The second kappa shape index (κ2) is 5.98. The number of ether oxygens (including phenoxy) is 1. The third-order valence-electron chi connectivity index (χ3n) is 3.26. The van der Waals surface area contributed by atoms with Crippen molar-refractivity contribution in [1.82, 2.24) is 15.1 Å². The van der Waals surface area contributed by atoms with Crippen LogP contribution in [0.4, 0.5) is 4.39 Å². The summed E-state index contributed by atoms with van der Waals surface area (Å²) in [5.74, 6) is 0.797. The number of hydrogen-bond donors (Lipinski definition) is 2. The van der Waals surface area contributed by atoms with E-state index < -0.39 is 6.17 Å². The van der Waals surface area contributed by atoms with E-state index in [1.807, 2.05) is 0 Å². The Morgan fingerprint density at radius 2 is 2.23 bits per heavy atom. The SMILES string of the molecule is COc1cc(C2=NC(N)C=CN2)nn1Cc1ccccc1F. The van der Waals surface area contributed by atoms with E-state index in [4.69, 9.17) is 10.5 Å². The fraction of sp³-hybridized carbons (Fsp3) is 0.200. The van der Waals surface area contributed by atoms with Gasteiger partial charge in [-0.3, -0.25) is 0 Å². The van der Waals surface area contributed by atoms with E-state index in [0.29, 0.717) is 23.0 Å². The first kappa shape index (κ1) is 14.3. The summed E-state index contributed by atoms with van der Waals surface area (Å²) in [5, 5.41) is 7.41. The van der Waals surface area contributed by atoms with Crippen LogP contribution < -0.4 is 15.8 Å². The predicted octanol–water partition coefficient (Wildman–Crippen LogP) is 1.23. The number of rotatable bonds is 4. The van der Waals surface area contributed by atoms with Crippen LogP contribution in [0.25, 0.3) is 0 Å². The lowest BCUT2D eigenvalue weighted by Gasteiger charge is -2.11. The average molecular weight is 301 g/mol. The predicted molar refractivity (Wildman–Crippen MR) is 81.1 cm³/mol. The third-order valence-corrected chi connectivity index (χ3v) is 3.26. The molecule has 0 radical (unpaired) electrons. The molecule has 0 aliphatic carbocycles. The van der Waals surface area contributed by atoms with E-state index in [0.717, 1.165) is 0 Å². The summed E-state index contributed by atoms with van der Waals surface area (Å²) >= 11 is 0. The van der Waals surface area contributed by atoms with E-state index in [-0.39, 0.29) is 12.4 Å². The maximum absolute atomic E-state index is 13.8. The molecule has 7 heteroatoms. The minimum Gasteiger partial charge on any atom is -0.481 e. The third kappa shape index (κ3) is 2.84. The fourth-order valence-electron chi connectivity index (χ4n) is 2.18. The number of halogens is 1. The van der Waals surface area contributed by atoms with Gasteiger partial charge in [0, 0.05) is 17.8 Å². The molecule has 6 nitrogen and oxygen atoms in total. The molecule has 1 atom stereocenters. The molecule has 2 aromatic rings. The lowest BCUT2D eigenvalue weighted by Crippen LogP contribution is -2.29. The topological polar surface area (TPSA) is 77.5 Å². The number of benzene rings is 1. The summed E-state index contributed by atoms with van der Waals surface area (Å²) in [6, 6.07) is 8.30. The quantitative estimate of drug-likeness (QED) is 0.890. The van der Waals surface area contributed by atoms with Gasteiger partial charge in [0.1, 0.15) is 17.7 Å². The Labute approximate surface area is 127 Å². The Balaban J connectivity index is 1.91. The van der Waals surface area contributed by atoms with Crippen molar-refractivity contribution >= 4 is 5.84 Å². The molecule has 0 fully saturated rings. The molecule has 0 amide bonds. The molecule has 1 aliphatic heterocycles. The molecule has 0 spiro atoms. The van der Waals surface area contributed by atoms with Crippen LogP contribution in [0.2, 0.25) is 0 Å². The fourth-order valence-corrected chi connectivity index (χ4v) is 2.18. The Morgan fingerprint density at radius 1 is 1.41 bits per heavy atom. The second-order valence-electron chi connectivity index (χ2n) is 4.79. The van der Waals surface area contributed by atoms with Crippen LogP contribution >= 0.6 is 0 Å². The highest BCUT2D eigenvalue weighted by atomic mass is 19.1. The van der Waals surface area contributed by atoms with Crippen LogP contribution in [0.3, 0.4) is 0 Å². The van der Waals surface area contributed by atoms with Gasteiger partial charge in [0.25, 0.3) is 0 Å². The van der Waals surface area contributed by atoms with Gasteiger partial charge in [0.2, 0.25) is 5.88 Å². The number of hydrogen-bond acceptors (Lipinski definition) is 5. The van der Waals surface area contributed by atoms with Crippen LogP contribution in [0.15, 0.2) is 47.6 Å². The molecule has 3 rings (SSSR count). The maximum atomic E-state index is 13.8. The van der Waals surface area contributed by atoms with Crippen LogP contribution in [0.5, 0.6) is 5.88 Å². The summed E-state index contributed by atoms with van der Waals surface area (Å²) in [6.45, 7) is 0.269. The molecule has 1 aromatic heterocycles. The maximum Gasteiger partial charge on any atom is 0.212 e. The molecule has 0 saturated carbocycles. The normalized spacial score (nSPS) is 17.0. The van der Waals surface area contributed by atoms with Crippen LogP contribution in [0.1, 0.15) is 11.3 Å². The summed E-state index contributed by atoms with van der Waals surface area (Å²) in [4.78, 5) is 4.26. The van der Waals surface area contributed by atoms with Gasteiger partial charge in [-0.1, -0.05) is 18.2 Å². The standard InChI is InChI=1S/C15H16FN5O/c1-22-14-8-12(15-18-7-6-13(17)19-15)20-21(14)9-10-4-2-3-5-11(10)16/h2-8,13H,9,17H2,1H3,(H,18,19). The van der Waals surface area contributed by atoms with Gasteiger partial charge < -0.3 is 15.8 Å². The van der Waals surface area contributed by atoms with Crippen LogP contribution in [-0.2, 0) is 6.54 Å². The number of amidine groups is 1. The highest BCUT2D eigenvalue weighted by molar-refractivity contribution is 5.98. The number of methoxy groups -OCH3 is 1. The number of nitrogens with one attached hydrogen (secondary N) is 1. The molecule has 1 unspecified atom stereocenters. The van der Waals surface area contributed by atoms with Gasteiger partial charge in [-0.2, -0.15) is 5.10 Å². The second-order valence-corrected chi connectivity index (χ2v) is 4.79. The molecule has 1 aromatic carbocycles. The Hall–Kier alpha value is -2.67. The number of nitrogens with zero attached hydrogens (tertiary/aromatic N) is 3. The van der Waals surface area contributed by atoms with E-state index >= 15 is 0 Å². The molecule has 22 heavy (non-hydrogen) atoms. The molecule has 0 bridgehead atoms. The molecular formula is C15H16FN5O. The first-order valence-electron chi connectivity index (χ1n) is 6.79. The van der Waals surface area contributed by atoms with Gasteiger partial charge in [-0.15, -0.1) is 0 Å². The Morgan fingerprint density at radius 3 is 2.95 bits per heavy atom. The van der Waals surface area contributed by atoms with Crippen molar-refractivity contribution in [2.75, 3.05) is 7.11 Å². The minimum absolute atomic E-state index is 0.269. The van der Waals surface area contributed by atoms with E-state index in [1.165, 1.54) is 6.07 Å². The van der Waals surface area contributed by atoms with Crippen molar-refractivity contribution < 1.29 is 9.13 Å². The monoisotopic (exact) mass is 301 g/mol. The Kier molecular flexibility index (Phi) is 3.88. The molecule has 0 saturated heterocycles. The van der Waals surface area contributed by atoms with Crippen molar-refractivity contribution in [3.8, 4) is 5.88 Å². The summed E-state index contributed by atoms with van der Waals surface area (Å²) in [6.07, 6.45) is 3.05. The van der Waals surface area contributed by atoms with E-state index in [1.54, 1.807) is 48.3 Å². The molecule has 2 heterocycles. The summed E-state index contributed by atoms with van der Waals surface area (Å²) in [7, 11) is 1.54. The molecule has 3 N–H and O–H groups in total. The smallest absolute Gasteiger partial charge is 0.212 e. The average Bonchev–Trinajstić information content (AvgIpc) is 2.93. The number of aliphatic imine (C=N–C) groups is 1. The molecule has 1 aliphatic rings. The van der Waals surface area contributed by atoms with Crippen molar-refractivity contribution in [2.45, 2.75) is 12.7 Å². The van der Waals surface area contributed by atoms with Gasteiger partial charge in [0.15, 0.2) is 5.84 Å². The lowest BCUT2D eigenvalue weighted by molar-refractivity contribution is 0.365. The van der Waals surface area contributed by atoms with E-state index in [9.17, 15) is 4.39 Å². The van der Waals surface area contributed by atoms with E-state index in [2.05, 4.69) is 15.4 Å². The molecule has 114 valence electrons. The van der Waals surface area contributed by atoms with Crippen LogP contribution in [-0.4, -0.2) is 28.9 Å². The van der Waals surface area contributed by atoms with Crippen molar-refractivity contribution in [1.29, 1.82) is 0 Å². The minimum atomic E-state index is -0.404. The Bertz CT molecular complexity index is 737. The molecular weight excluding hydrogens is 285 g/mol. The zero-order valence-corrected chi connectivity index (χ0v) is 12.0. The van der Waals surface area contributed by atoms with Gasteiger partial charge in [-0.25, -0.2) is 14.1 Å². The summed E-state index contributed by atoms with van der Waals surface area (Å²) < 4.78 is 20.7. The van der Waals surface area contributed by atoms with Crippen LogP contribution in [0, 0.1) is 5.82 Å². The first-order chi connectivity index (χ1) is 10.7. The highest BCUT2D eigenvalue weighted by Crippen LogP contribution is 2.17. The van der Waals surface area contributed by atoms with Crippen molar-refractivity contribution in [3.63, 3.8) is 0 Å². The highest BCUT2D eigenvalue weighted by Gasteiger charge is 2.16. The zero-order chi connectivity index (χ0) is 15.5. The first-order valence-corrected chi connectivity index (χ1v) is 6.79. The van der Waals surface area contributed by atoms with Crippen molar-refractivity contribution in [3.05, 3.63) is 59.7 Å². The van der Waals surface area contributed by atoms with Gasteiger partial charge in [-0.05, 0) is 12.1 Å².